The second kappa shape index (κ2) is 8.52. The molecule has 1 aliphatic carbocycles. The lowest BCUT2D eigenvalue weighted by molar-refractivity contribution is 0.0967. The van der Waals surface area contributed by atoms with E-state index < -0.39 is 19.7 Å². The highest BCUT2D eigenvalue weighted by molar-refractivity contribution is 7.45. The van der Waals surface area contributed by atoms with Gasteiger partial charge in [-0.05, 0) is 41.5 Å². The second-order valence-corrected chi connectivity index (χ2v) is 8.16. The first-order valence-electron chi connectivity index (χ1n) is 9.05. The van der Waals surface area contributed by atoms with Crippen LogP contribution in [0.5, 0.6) is 28.7 Å². The van der Waals surface area contributed by atoms with E-state index in [1.807, 2.05) is 0 Å². The SMILES string of the molecule is O=C1c2cc(O)cc(O)c2C(c2ccc(O)cc2)C1c1cc(O)cc(O)c1.O=P(O)(O)O. The highest BCUT2D eigenvalue weighted by Crippen LogP contribution is 2.52. The molecule has 0 bridgehead atoms. The molecule has 2 atom stereocenters. The fraction of sp³-hybridized carbons (Fsp3) is 0.0952. The molecule has 32 heavy (non-hydrogen) atoms. The van der Waals surface area contributed by atoms with Gasteiger partial charge in [0.2, 0.25) is 0 Å². The fourth-order valence-electron chi connectivity index (χ4n) is 3.82. The first-order valence-corrected chi connectivity index (χ1v) is 10.6. The summed E-state index contributed by atoms with van der Waals surface area (Å²) < 4.78 is 8.88. The van der Waals surface area contributed by atoms with Crippen molar-refractivity contribution in [2.75, 3.05) is 0 Å². The van der Waals surface area contributed by atoms with Crippen LogP contribution in [0.3, 0.4) is 0 Å². The van der Waals surface area contributed by atoms with E-state index in [0.717, 1.165) is 6.07 Å². The number of fused-ring (bicyclic) bond motifs is 1. The monoisotopic (exact) mass is 462 g/mol. The molecule has 4 rings (SSSR count). The Morgan fingerprint density at radius 1 is 0.625 bits per heavy atom. The number of phosphoric acid groups is 1. The molecule has 168 valence electrons. The third kappa shape index (κ3) is 5.01. The average molecular weight is 462 g/mol. The van der Waals surface area contributed by atoms with Gasteiger partial charge in [0.05, 0.1) is 5.92 Å². The summed E-state index contributed by atoms with van der Waals surface area (Å²) in [6.45, 7) is 0. The van der Waals surface area contributed by atoms with Crippen molar-refractivity contribution in [2.45, 2.75) is 11.8 Å². The number of carbonyl (C=O) groups is 1. The molecule has 3 aromatic carbocycles. The number of ketones is 1. The van der Waals surface area contributed by atoms with Crippen LogP contribution in [-0.4, -0.2) is 46.0 Å². The molecular weight excluding hydrogens is 443 g/mol. The molecule has 1 aliphatic rings. The van der Waals surface area contributed by atoms with Gasteiger partial charge in [-0.3, -0.25) is 4.79 Å². The zero-order chi connectivity index (χ0) is 23.8. The molecule has 8 N–H and O–H groups in total. The Morgan fingerprint density at radius 2 is 1.12 bits per heavy atom. The average Bonchev–Trinajstić information content (AvgIpc) is 2.93. The molecule has 10 nitrogen and oxygen atoms in total. The molecule has 0 aromatic heterocycles. The Bertz CT molecular complexity index is 1190. The number of carbonyl (C=O) groups excluding carboxylic acids is 1. The Balaban J connectivity index is 0.000000523. The molecule has 2 unspecified atom stereocenters. The van der Waals surface area contributed by atoms with Gasteiger partial charge in [-0.25, -0.2) is 4.57 Å². The molecule has 0 heterocycles. The number of aromatic hydroxyl groups is 5. The minimum atomic E-state index is -4.64. The minimum Gasteiger partial charge on any atom is -0.508 e. The van der Waals surface area contributed by atoms with Gasteiger partial charge in [0.1, 0.15) is 28.7 Å². The lowest BCUT2D eigenvalue weighted by Gasteiger charge is -2.21. The summed E-state index contributed by atoms with van der Waals surface area (Å²) in [5, 5.41) is 49.5. The zero-order valence-corrected chi connectivity index (χ0v) is 17.1. The van der Waals surface area contributed by atoms with Crippen LogP contribution in [0.4, 0.5) is 0 Å². The normalized spacial score (nSPS) is 17.4. The lowest BCUT2D eigenvalue weighted by Crippen LogP contribution is -2.13. The van der Waals surface area contributed by atoms with Gasteiger partial charge < -0.3 is 40.2 Å². The van der Waals surface area contributed by atoms with Crippen LogP contribution in [0.1, 0.15) is 38.9 Å². The maximum atomic E-state index is 13.1. The first-order chi connectivity index (χ1) is 14.8. The second-order valence-electron chi connectivity index (χ2n) is 7.13. The van der Waals surface area contributed by atoms with Crippen molar-refractivity contribution in [3.63, 3.8) is 0 Å². The molecular formula is C21H19O10P. The van der Waals surface area contributed by atoms with Crippen molar-refractivity contribution >= 4 is 13.6 Å². The molecule has 11 heteroatoms. The van der Waals surface area contributed by atoms with Crippen molar-refractivity contribution in [3.05, 3.63) is 76.9 Å². The maximum absolute atomic E-state index is 13.1. The Kier molecular flexibility index (Phi) is 6.16. The highest BCUT2D eigenvalue weighted by Gasteiger charge is 2.44. The third-order valence-electron chi connectivity index (χ3n) is 4.87. The number of phenols is 5. The third-order valence-corrected chi connectivity index (χ3v) is 4.87. The van der Waals surface area contributed by atoms with E-state index >= 15 is 0 Å². The van der Waals surface area contributed by atoms with Crippen molar-refractivity contribution in [1.29, 1.82) is 0 Å². The van der Waals surface area contributed by atoms with Gasteiger partial charge in [0, 0.05) is 29.2 Å². The van der Waals surface area contributed by atoms with Crippen LogP contribution >= 0.6 is 7.82 Å². The summed E-state index contributed by atoms with van der Waals surface area (Å²) in [7, 11) is -4.64. The highest BCUT2D eigenvalue weighted by atomic mass is 31.2. The summed E-state index contributed by atoms with van der Waals surface area (Å²) in [5.74, 6) is -2.56. The van der Waals surface area contributed by atoms with Gasteiger partial charge in [0.15, 0.2) is 5.78 Å². The van der Waals surface area contributed by atoms with Crippen LogP contribution < -0.4 is 0 Å². The van der Waals surface area contributed by atoms with Gasteiger partial charge in [-0.15, -0.1) is 0 Å². The number of rotatable bonds is 2. The molecule has 0 spiro atoms. The van der Waals surface area contributed by atoms with Crippen molar-refractivity contribution in [1.82, 2.24) is 0 Å². The quantitative estimate of drug-likeness (QED) is 0.262. The predicted octanol–water partition coefficient (Wildman–Crippen LogP) is 2.40. The van der Waals surface area contributed by atoms with Crippen LogP contribution in [0.25, 0.3) is 0 Å². The molecule has 0 radical (unpaired) electrons. The van der Waals surface area contributed by atoms with E-state index in [4.69, 9.17) is 19.2 Å². The van der Waals surface area contributed by atoms with E-state index in [2.05, 4.69) is 0 Å². The van der Waals surface area contributed by atoms with E-state index in [9.17, 15) is 30.3 Å². The van der Waals surface area contributed by atoms with Gasteiger partial charge in [-0.2, -0.15) is 0 Å². The smallest absolute Gasteiger partial charge is 0.466 e. The molecule has 0 amide bonds. The lowest BCUT2D eigenvalue weighted by atomic mass is 9.81. The minimum absolute atomic E-state index is 0.0600. The standard InChI is InChI=1S/C21H16O6.H3O4P/c22-12-3-1-10(2-4-12)18-19(11-5-13(23)7-14(24)6-11)21(27)16-8-15(25)9-17(26)20(16)18;1-5(2,3)4/h1-9,18-19,22-26H;(H3,1,2,3,4). The van der Waals surface area contributed by atoms with Gasteiger partial charge in [0.25, 0.3) is 0 Å². The number of hydrogen-bond acceptors (Lipinski definition) is 7. The molecule has 0 saturated heterocycles. The topological polar surface area (TPSA) is 196 Å². The Hall–Kier alpha value is -3.56. The summed E-state index contributed by atoms with van der Waals surface area (Å²) in [4.78, 5) is 34.7. The van der Waals surface area contributed by atoms with Crippen LogP contribution in [0.15, 0.2) is 54.6 Å². The van der Waals surface area contributed by atoms with E-state index in [0.29, 0.717) is 16.7 Å². The number of hydrogen-bond donors (Lipinski definition) is 8. The Morgan fingerprint density at radius 3 is 1.66 bits per heavy atom. The summed E-state index contributed by atoms with van der Waals surface area (Å²) in [6.07, 6.45) is 0. The molecule has 3 aromatic rings. The van der Waals surface area contributed by atoms with Crippen molar-refractivity contribution < 1.29 is 49.6 Å². The van der Waals surface area contributed by atoms with Gasteiger partial charge >= 0.3 is 7.82 Å². The zero-order valence-electron chi connectivity index (χ0n) is 16.2. The maximum Gasteiger partial charge on any atom is 0.466 e. The van der Waals surface area contributed by atoms with Gasteiger partial charge in [-0.1, -0.05) is 12.1 Å². The van der Waals surface area contributed by atoms with Crippen molar-refractivity contribution in [2.24, 2.45) is 0 Å². The molecule has 0 aliphatic heterocycles. The van der Waals surface area contributed by atoms with Crippen LogP contribution in [-0.2, 0) is 4.57 Å². The Labute approximate surface area is 181 Å². The first kappa shape index (κ1) is 23.1. The summed E-state index contributed by atoms with van der Waals surface area (Å²) in [5.41, 5.74) is 1.58. The van der Waals surface area contributed by atoms with Crippen molar-refractivity contribution in [3.8, 4) is 28.7 Å². The van der Waals surface area contributed by atoms with Crippen LogP contribution in [0, 0.1) is 0 Å². The van der Waals surface area contributed by atoms with E-state index in [-0.39, 0.29) is 40.1 Å². The fourth-order valence-corrected chi connectivity index (χ4v) is 3.82. The molecule has 0 fully saturated rings. The summed E-state index contributed by atoms with van der Waals surface area (Å²) >= 11 is 0. The number of phenolic OH excluding ortho intramolecular Hbond substituents is 5. The number of Topliss-reactive ketones (excluding diaryl/α,β-unsaturated/α-hetero) is 1. The number of benzene rings is 3. The van der Waals surface area contributed by atoms with Crippen LogP contribution in [0.2, 0.25) is 0 Å². The summed E-state index contributed by atoms with van der Waals surface area (Å²) in [6, 6.07) is 12.6. The van der Waals surface area contributed by atoms with E-state index in [1.165, 1.54) is 36.4 Å². The van der Waals surface area contributed by atoms with E-state index in [1.54, 1.807) is 12.1 Å². The molecule has 0 saturated carbocycles. The predicted molar refractivity (Wildman–Crippen MR) is 111 cm³/mol. The largest absolute Gasteiger partial charge is 0.508 e.